The topological polar surface area (TPSA) is 20.2 Å². The van der Waals surface area contributed by atoms with Crippen LogP contribution in [0, 0.1) is 0 Å². The fourth-order valence-electron chi connectivity index (χ4n) is 2.57. The van der Waals surface area contributed by atoms with Gasteiger partial charge in [-0.2, -0.15) is 0 Å². The molecule has 0 aromatic heterocycles. The van der Waals surface area contributed by atoms with Gasteiger partial charge in [0.2, 0.25) is 0 Å². The molecule has 0 saturated carbocycles. The molecule has 2 aliphatic rings. The molecule has 0 spiro atoms. The van der Waals surface area contributed by atoms with Crippen LogP contribution in [0.25, 0.3) is 6.08 Å². The Labute approximate surface area is 91.6 Å². The summed E-state index contributed by atoms with van der Waals surface area (Å²) in [6.07, 6.45) is 4.91. The highest BCUT2D eigenvalue weighted by atomic mass is 79.9. The van der Waals surface area contributed by atoms with Crippen LogP contribution in [0.5, 0.6) is 0 Å². The molecule has 0 radical (unpaired) electrons. The van der Waals surface area contributed by atoms with E-state index in [4.69, 9.17) is 0 Å². The molecule has 2 heteroatoms. The van der Waals surface area contributed by atoms with E-state index in [1.165, 1.54) is 11.1 Å². The molecule has 2 aliphatic carbocycles. The normalized spacial score (nSPS) is 33.1. The number of halogens is 1. The number of hydrogen-bond donors (Lipinski definition) is 1. The minimum absolute atomic E-state index is 0.269. The minimum Gasteiger partial charge on any atom is -0.388 e. The first-order valence-corrected chi connectivity index (χ1v) is 5.82. The van der Waals surface area contributed by atoms with Gasteiger partial charge in [-0.1, -0.05) is 46.3 Å². The molecule has 1 N–H and O–H groups in total. The Morgan fingerprint density at radius 3 is 3.07 bits per heavy atom. The molecule has 0 heterocycles. The molecular weight excluding hydrogens is 240 g/mol. The Morgan fingerprint density at radius 1 is 1.36 bits per heavy atom. The van der Waals surface area contributed by atoms with Crippen LogP contribution in [0.1, 0.15) is 35.1 Å². The van der Waals surface area contributed by atoms with E-state index in [-0.39, 0.29) is 6.10 Å². The lowest BCUT2D eigenvalue weighted by atomic mass is 9.89. The fraction of sp³-hybridized carbons (Fsp3) is 0.333. The van der Waals surface area contributed by atoms with Crippen LogP contribution in [0.15, 0.2) is 24.3 Å². The summed E-state index contributed by atoms with van der Waals surface area (Å²) in [6, 6.07) is 6.19. The maximum absolute atomic E-state index is 9.90. The van der Waals surface area contributed by atoms with Crippen LogP contribution >= 0.6 is 15.9 Å². The highest BCUT2D eigenvalue weighted by Crippen LogP contribution is 2.48. The van der Waals surface area contributed by atoms with Crippen molar-refractivity contribution >= 4 is 22.0 Å². The maximum atomic E-state index is 9.90. The smallest absolute Gasteiger partial charge is 0.0799 e. The third kappa shape index (κ3) is 1.04. The highest BCUT2D eigenvalue weighted by molar-refractivity contribution is 9.09. The van der Waals surface area contributed by atoms with Crippen LogP contribution in [0.3, 0.4) is 0 Å². The first-order valence-electron chi connectivity index (χ1n) is 4.90. The summed E-state index contributed by atoms with van der Waals surface area (Å²) in [7, 11) is 0. The summed E-state index contributed by atoms with van der Waals surface area (Å²) < 4.78 is 0. The Balaban J connectivity index is 2.26. The molecule has 3 atom stereocenters. The standard InChI is InChI=1S/C12H11BrO/c13-10-5-4-7-2-1-3-8-11(14)6-9(10)12(7)8/h1-5,9-11,14H,6H2. The molecule has 72 valence electrons. The molecule has 0 aliphatic heterocycles. The Kier molecular flexibility index (Phi) is 1.83. The van der Waals surface area contributed by atoms with E-state index in [1.54, 1.807) is 0 Å². The zero-order valence-electron chi connectivity index (χ0n) is 7.65. The van der Waals surface area contributed by atoms with Gasteiger partial charge in [0.15, 0.2) is 0 Å². The van der Waals surface area contributed by atoms with E-state index in [0.717, 1.165) is 12.0 Å². The second kappa shape index (κ2) is 2.94. The van der Waals surface area contributed by atoms with Gasteiger partial charge in [-0.05, 0) is 23.1 Å². The van der Waals surface area contributed by atoms with Gasteiger partial charge in [0.1, 0.15) is 0 Å². The van der Waals surface area contributed by atoms with Crippen molar-refractivity contribution < 1.29 is 5.11 Å². The Bertz CT molecular complexity index is 411. The number of alkyl halides is 1. The van der Waals surface area contributed by atoms with Crippen LogP contribution in [-0.4, -0.2) is 9.93 Å². The van der Waals surface area contributed by atoms with Crippen LogP contribution < -0.4 is 0 Å². The lowest BCUT2D eigenvalue weighted by molar-refractivity contribution is 0.174. The lowest BCUT2D eigenvalue weighted by Gasteiger charge is -2.21. The van der Waals surface area contributed by atoms with E-state index in [1.807, 2.05) is 12.1 Å². The van der Waals surface area contributed by atoms with Crippen molar-refractivity contribution in [2.24, 2.45) is 0 Å². The average Bonchev–Trinajstić information content (AvgIpc) is 2.53. The summed E-state index contributed by atoms with van der Waals surface area (Å²) in [5.74, 6) is 0.459. The average molecular weight is 251 g/mol. The zero-order chi connectivity index (χ0) is 9.71. The van der Waals surface area contributed by atoms with Gasteiger partial charge in [-0.15, -0.1) is 0 Å². The van der Waals surface area contributed by atoms with Crippen molar-refractivity contribution in [1.82, 2.24) is 0 Å². The number of rotatable bonds is 0. The number of benzene rings is 1. The first-order chi connectivity index (χ1) is 6.77. The Hall–Kier alpha value is -0.600. The highest BCUT2D eigenvalue weighted by Gasteiger charge is 2.36. The van der Waals surface area contributed by atoms with Crippen LogP contribution in [-0.2, 0) is 0 Å². The summed E-state index contributed by atoms with van der Waals surface area (Å²) in [6.45, 7) is 0. The molecule has 0 saturated heterocycles. The molecular formula is C12H11BrO. The van der Waals surface area contributed by atoms with E-state index in [0.29, 0.717) is 10.7 Å². The molecule has 0 bridgehead atoms. The van der Waals surface area contributed by atoms with Crippen molar-refractivity contribution in [3.63, 3.8) is 0 Å². The second-order valence-electron chi connectivity index (χ2n) is 4.01. The molecule has 1 aromatic carbocycles. The van der Waals surface area contributed by atoms with Gasteiger partial charge in [0.25, 0.3) is 0 Å². The summed E-state index contributed by atoms with van der Waals surface area (Å²) in [5, 5.41) is 9.90. The quantitative estimate of drug-likeness (QED) is 0.703. The molecule has 1 nitrogen and oxygen atoms in total. The summed E-state index contributed by atoms with van der Waals surface area (Å²) in [4.78, 5) is 0.383. The predicted octanol–water partition coefficient (Wildman–Crippen LogP) is 3.00. The largest absolute Gasteiger partial charge is 0.388 e. The lowest BCUT2D eigenvalue weighted by Crippen LogP contribution is -2.11. The van der Waals surface area contributed by atoms with Crippen LogP contribution in [0.4, 0.5) is 0 Å². The predicted molar refractivity (Wildman–Crippen MR) is 60.5 cm³/mol. The van der Waals surface area contributed by atoms with Gasteiger partial charge >= 0.3 is 0 Å². The van der Waals surface area contributed by atoms with Gasteiger partial charge in [0, 0.05) is 10.7 Å². The summed E-state index contributed by atoms with van der Waals surface area (Å²) in [5.41, 5.74) is 3.76. The maximum Gasteiger partial charge on any atom is 0.0799 e. The SMILES string of the molecule is OC1CC2c3c(cccc31)C=CC2Br. The minimum atomic E-state index is -0.269. The molecule has 0 fully saturated rings. The monoisotopic (exact) mass is 250 g/mol. The molecule has 1 aromatic rings. The van der Waals surface area contributed by atoms with Crippen molar-refractivity contribution in [2.45, 2.75) is 23.3 Å². The van der Waals surface area contributed by atoms with E-state index in [2.05, 4.69) is 34.1 Å². The third-order valence-corrected chi connectivity index (χ3v) is 4.17. The van der Waals surface area contributed by atoms with Gasteiger partial charge in [-0.3, -0.25) is 0 Å². The third-order valence-electron chi connectivity index (χ3n) is 3.22. The van der Waals surface area contributed by atoms with Crippen molar-refractivity contribution in [3.05, 3.63) is 41.0 Å². The van der Waals surface area contributed by atoms with E-state index < -0.39 is 0 Å². The molecule has 3 unspecified atom stereocenters. The Morgan fingerprint density at radius 2 is 2.21 bits per heavy atom. The number of allylic oxidation sites excluding steroid dienone is 1. The van der Waals surface area contributed by atoms with E-state index in [9.17, 15) is 5.11 Å². The number of aliphatic hydroxyl groups excluding tert-OH is 1. The molecule has 14 heavy (non-hydrogen) atoms. The number of aliphatic hydroxyl groups is 1. The number of hydrogen-bond acceptors (Lipinski definition) is 1. The van der Waals surface area contributed by atoms with Crippen molar-refractivity contribution in [1.29, 1.82) is 0 Å². The zero-order valence-corrected chi connectivity index (χ0v) is 9.24. The van der Waals surface area contributed by atoms with Crippen molar-refractivity contribution in [2.75, 3.05) is 0 Å². The van der Waals surface area contributed by atoms with Gasteiger partial charge < -0.3 is 5.11 Å². The van der Waals surface area contributed by atoms with Gasteiger partial charge in [-0.25, -0.2) is 0 Å². The molecule has 3 rings (SSSR count). The first kappa shape index (κ1) is 8.69. The summed E-state index contributed by atoms with van der Waals surface area (Å²) >= 11 is 3.65. The van der Waals surface area contributed by atoms with Gasteiger partial charge in [0.05, 0.1) is 6.10 Å². The fourth-order valence-corrected chi connectivity index (χ4v) is 3.20. The van der Waals surface area contributed by atoms with Crippen LogP contribution in [0.2, 0.25) is 0 Å². The van der Waals surface area contributed by atoms with Crippen molar-refractivity contribution in [3.8, 4) is 0 Å². The molecule has 0 amide bonds. The van der Waals surface area contributed by atoms with E-state index >= 15 is 0 Å². The second-order valence-corrected chi connectivity index (χ2v) is 5.07.